The molecule has 0 radical (unpaired) electrons. The molecular formula is C19H22O2. The van der Waals surface area contributed by atoms with E-state index in [0.29, 0.717) is 6.61 Å². The molecule has 1 aliphatic carbocycles. The minimum Gasteiger partial charge on any atom is -0.387 e. The van der Waals surface area contributed by atoms with Crippen LogP contribution in [-0.2, 0) is 11.3 Å². The Hall–Kier alpha value is -1.64. The summed E-state index contributed by atoms with van der Waals surface area (Å²) in [6.45, 7) is 0.530. The molecule has 2 aromatic carbocycles. The van der Waals surface area contributed by atoms with E-state index < -0.39 is 5.60 Å². The van der Waals surface area contributed by atoms with Gasteiger partial charge in [0.1, 0.15) is 6.10 Å². The van der Waals surface area contributed by atoms with Gasteiger partial charge in [-0.25, -0.2) is 0 Å². The van der Waals surface area contributed by atoms with Crippen LogP contribution in [0.2, 0.25) is 0 Å². The molecule has 1 aliphatic rings. The maximum atomic E-state index is 11.0. The molecule has 110 valence electrons. The maximum Gasteiger partial charge on any atom is 0.112 e. The van der Waals surface area contributed by atoms with E-state index in [-0.39, 0.29) is 6.10 Å². The summed E-state index contributed by atoms with van der Waals surface area (Å²) in [7, 11) is 0. The third-order valence-electron chi connectivity index (χ3n) is 4.32. The highest BCUT2D eigenvalue weighted by Crippen LogP contribution is 2.42. The predicted octanol–water partition coefficient (Wildman–Crippen LogP) is 4.25. The Balaban J connectivity index is 1.79. The molecule has 1 N–H and O–H groups in total. The number of hydrogen-bond donors (Lipinski definition) is 1. The molecule has 0 aliphatic heterocycles. The molecule has 0 heterocycles. The van der Waals surface area contributed by atoms with Gasteiger partial charge in [0.2, 0.25) is 0 Å². The van der Waals surface area contributed by atoms with Crippen molar-refractivity contribution in [2.45, 2.75) is 44.0 Å². The summed E-state index contributed by atoms with van der Waals surface area (Å²) in [6.07, 6.45) is 3.55. The van der Waals surface area contributed by atoms with Crippen LogP contribution in [0.25, 0.3) is 0 Å². The van der Waals surface area contributed by atoms with Crippen LogP contribution in [0.1, 0.15) is 42.9 Å². The van der Waals surface area contributed by atoms with Gasteiger partial charge >= 0.3 is 0 Å². The number of benzene rings is 2. The second-order valence-corrected chi connectivity index (χ2v) is 5.90. The van der Waals surface area contributed by atoms with Crippen molar-refractivity contribution in [1.29, 1.82) is 0 Å². The van der Waals surface area contributed by atoms with Crippen LogP contribution in [0.3, 0.4) is 0 Å². The normalized spacial score (nSPS) is 18.5. The predicted molar refractivity (Wildman–Crippen MR) is 83.8 cm³/mol. The zero-order chi connectivity index (χ0) is 14.5. The van der Waals surface area contributed by atoms with E-state index in [1.807, 2.05) is 48.5 Å². The van der Waals surface area contributed by atoms with Crippen LogP contribution < -0.4 is 0 Å². The summed E-state index contributed by atoms with van der Waals surface area (Å²) in [5.74, 6) is 0. The van der Waals surface area contributed by atoms with Gasteiger partial charge in [-0.3, -0.25) is 0 Å². The number of rotatable bonds is 5. The SMILES string of the molecule is OC1([C@@H](OCc2ccccc2)c2ccccc2)CCCC1. The van der Waals surface area contributed by atoms with E-state index >= 15 is 0 Å². The summed E-state index contributed by atoms with van der Waals surface area (Å²) < 4.78 is 6.15. The molecule has 3 rings (SSSR count). The van der Waals surface area contributed by atoms with Crippen molar-refractivity contribution in [3.05, 3.63) is 71.8 Å². The first-order valence-electron chi connectivity index (χ1n) is 7.71. The molecule has 21 heavy (non-hydrogen) atoms. The van der Waals surface area contributed by atoms with E-state index in [1.165, 1.54) is 0 Å². The summed E-state index contributed by atoms with van der Waals surface area (Å²) >= 11 is 0. The fourth-order valence-electron chi connectivity index (χ4n) is 3.19. The molecule has 0 aromatic heterocycles. The Morgan fingerprint density at radius 2 is 1.48 bits per heavy atom. The highest BCUT2D eigenvalue weighted by molar-refractivity contribution is 5.22. The lowest BCUT2D eigenvalue weighted by Gasteiger charge is -2.33. The van der Waals surface area contributed by atoms with Gasteiger partial charge in [0.15, 0.2) is 0 Å². The van der Waals surface area contributed by atoms with Crippen LogP contribution in [0.4, 0.5) is 0 Å². The zero-order valence-corrected chi connectivity index (χ0v) is 12.2. The Labute approximate surface area is 126 Å². The van der Waals surface area contributed by atoms with Gasteiger partial charge in [-0.2, -0.15) is 0 Å². The molecule has 0 unspecified atom stereocenters. The van der Waals surface area contributed by atoms with Gasteiger partial charge in [-0.1, -0.05) is 73.5 Å². The lowest BCUT2D eigenvalue weighted by atomic mass is 9.89. The van der Waals surface area contributed by atoms with Gasteiger partial charge in [-0.15, -0.1) is 0 Å². The fraction of sp³-hybridized carbons (Fsp3) is 0.368. The molecule has 1 fully saturated rings. The third-order valence-corrected chi connectivity index (χ3v) is 4.32. The Bertz CT molecular complexity index is 544. The Morgan fingerprint density at radius 3 is 2.10 bits per heavy atom. The Kier molecular flexibility index (Phi) is 4.37. The Morgan fingerprint density at radius 1 is 0.905 bits per heavy atom. The van der Waals surface area contributed by atoms with Crippen molar-refractivity contribution in [2.75, 3.05) is 0 Å². The molecule has 2 heteroatoms. The molecule has 0 spiro atoms. The second kappa shape index (κ2) is 6.42. The lowest BCUT2D eigenvalue weighted by Crippen LogP contribution is -2.34. The quantitative estimate of drug-likeness (QED) is 0.888. The first-order valence-corrected chi connectivity index (χ1v) is 7.71. The molecule has 2 nitrogen and oxygen atoms in total. The average Bonchev–Trinajstić information content (AvgIpc) is 2.97. The van der Waals surface area contributed by atoms with E-state index in [9.17, 15) is 5.11 Å². The van der Waals surface area contributed by atoms with Crippen LogP contribution >= 0.6 is 0 Å². The van der Waals surface area contributed by atoms with Crippen LogP contribution in [0, 0.1) is 0 Å². The van der Waals surface area contributed by atoms with Crippen molar-refractivity contribution >= 4 is 0 Å². The summed E-state index contributed by atoms with van der Waals surface area (Å²) in [5, 5.41) is 11.0. The van der Waals surface area contributed by atoms with Crippen LogP contribution in [0.5, 0.6) is 0 Å². The molecule has 0 saturated heterocycles. The van der Waals surface area contributed by atoms with Gasteiger partial charge < -0.3 is 9.84 Å². The molecule has 1 saturated carbocycles. The molecule has 1 atom stereocenters. The van der Waals surface area contributed by atoms with Gasteiger partial charge in [0.25, 0.3) is 0 Å². The molecular weight excluding hydrogens is 260 g/mol. The van der Waals surface area contributed by atoms with Crippen molar-refractivity contribution in [3.63, 3.8) is 0 Å². The largest absolute Gasteiger partial charge is 0.387 e. The smallest absolute Gasteiger partial charge is 0.112 e. The highest BCUT2D eigenvalue weighted by atomic mass is 16.5. The summed E-state index contributed by atoms with van der Waals surface area (Å²) in [4.78, 5) is 0. The summed E-state index contributed by atoms with van der Waals surface area (Å²) in [6, 6.07) is 20.2. The first kappa shape index (κ1) is 14.3. The van der Waals surface area contributed by atoms with Crippen molar-refractivity contribution in [2.24, 2.45) is 0 Å². The van der Waals surface area contributed by atoms with E-state index in [4.69, 9.17) is 4.74 Å². The zero-order valence-electron chi connectivity index (χ0n) is 12.2. The fourth-order valence-corrected chi connectivity index (χ4v) is 3.19. The van der Waals surface area contributed by atoms with Crippen LogP contribution in [-0.4, -0.2) is 10.7 Å². The topological polar surface area (TPSA) is 29.5 Å². The lowest BCUT2D eigenvalue weighted by molar-refractivity contribution is -0.114. The number of ether oxygens (including phenoxy) is 1. The maximum absolute atomic E-state index is 11.0. The summed E-state index contributed by atoms with van der Waals surface area (Å²) in [5.41, 5.74) is 1.48. The highest BCUT2D eigenvalue weighted by Gasteiger charge is 2.41. The van der Waals surface area contributed by atoms with Crippen molar-refractivity contribution in [1.82, 2.24) is 0 Å². The van der Waals surface area contributed by atoms with Crippen molar-refractivity contribution in [3.8, 4) is 0 Å². The van der Waals surface area contributed by atoms with Gasteiger partial charge in [0, 0.05) is 0 Å². The van der Waals surface area contributed by atoms with Gasteiger partial charge in [0.05, 0.1) is 12.2 Å². The number of hydrogen-bond acceptors (Lipinski definition) is 2. The second-order valence-electron chi connectivity index (χ2n) is 5.90. The average molecular weight is 282 g/mol. The van der Waals surface area contributed by atoms with E-state index in [1.54, 1.807) is 0 Å². The molecule has 2 aromatic rings. The van der Waals surface area contributed by atoms with E-state index in [0.717, 1.165) is 36.8 Å². The standard InChI is InChI=1S/C19H22O2/c20-19(13-7-8-14-19)18(17-11-5-2-6-12-17)21-15-16-9-3-1-4-10-16/h1-6,9-12,18,20H,7-8,13-15H2/t18-/m0/s1. The monoisotopic (exact) mass is 282 g/mol. The van der Waals surface area contributed by atoms with Crippen molar-refractivity contribution < 1.29 is 9.84 Å². The molecule has 0 bridgehead atoms. The minimum atomic E-state index is -0.726. The van der Waals surface area contributed by atoms with E-state index in [2.05, 4.69) is 12.1 Å². The van der Waals surface area contributed by atoms with Crippen LogP contribution in [0.15, 0.2) is 60.7 Å². The number of aliphatic hydroxyl groups is 1. The molecule has 0 amide bonds. The first-order chi connectivity index (χ1) is 10.3. The third kappa shape index (κ3) is 3.34. The minimum absolute atomic E-state index is 0.249. The van der Waals surface area contributed by atoms with Gasteiger partial charge in [-0.05, 0) is 24.0 Å².